The van der Waals surface area contributed by atoms with Gasteiger partial charge in [-0.15, -0.1) is 16.5 Å². The second kappa shape index (κ2) is 9.33. The number of hydrogen-bond donors (Lipinski definition) is 3. The molecule has 32 heavy (non-hydrogen) atoms. The Morgan fingerprint density at radius 1 is 1.09 bits per heavy atom. The molecule has 0 fully saturated rings. The first-order valence-corrected chi connectivity index (χ1v) is 12.4. The Labute approximate surface area is 189 Å². The van der Waals surface area contributed by atoms with Gasteiger partial charge in [0, 0.05) is 20.2 Å². The first kappa shape index (κ1) is 22.3. The van der Waals surface area contributed by atoms with Crippen molar-refractivity contribution in [3.63, 3.8) is 0 Å². The average Bonchev–Trinajstić information content (AvgIpc) is 3.36. The molecule has 0 aliphatic rings. The standard InChI is InChI=1S/C21H23N5O4S2/c1-26-17-10-9-16-20(31-13-22-16)18(17)19(21(26)28)25-24-14-5-7-15(8-6-14)32(29,30)23-11-3-2-4-12-27/h5-10,13,23,27-28H,2-4,11-12H2,1H3. The van der Waals surface area contributed by atoms with Crippen molar-refractivity contribution in [3.8, 4) is 5.88 Å². The fourth-order valence-electron chi connectivity index (χ4n) is 3.41. The van der Waals surface area contributed by atoms with Gasteiger partial charge in [0.25, 0.3) is 0 Å². The molecule has 168 valence electrons. The van der Waals surface area contributed by atoms with E-state index < -0.39 is 10.0 Å². The van der Waals surface area contributed by atoms with E-state index in [-0.39, 0.29) is 17.4 Å². The van der Waals surface area contributed by atoms with Crippen molar-refractivity contribution in [2.75, 3.05) is 13.2 Å². The molecule has 0 aliphatic heterocycles. The lowest BCUT2D eigenvalue weighted by Crippen LogP contribution is -2.24. The molecule has 0 saturated heterocycles. The Hall–Kier alpha value is -2.86. The van der Waals surface area contributed by atoms with Crippen molar-refractivity contribution < 1.29 is 18.6 Å². The largest absolute Gasteiger partial charge is 0.493 e. The molecule has 0 spiro atoms. The Morgan fingerprint density at radius 2 is 1.88 bits per heavy atom. The Kier molecular flexibility index (Phi) is 6.51. The van der Waals surface area contributed by atoms with Crippen LogP contribution in [0.25, 0.3) is 21.1 Å². The van der Waals surface area contributed by atoms with Crippen LogP contribution in [-0.4, -0.2) is 41.3 Å². The normalized spacial score (nSPS) is 12.4. The lowest BCUT2D eigenvalue weighted by atomic mass is 10.2. The van der Waals surface area contributed by atoms with E-state index in [0.29, 0.717) is 30.8 Å². The number of fused-ring (bicyclic) bond motifs is 3. The minimum Gasteiger partial charge on any atom is -0.493 e. The van der Waals surface area contributed by atoms with Gasteiger partial charge in [-0.2, -0.15) is 5.11 Å². The van der Waals surface area contributed by atoms with Crippen molar-refractivity contribution in [1.82, 2.24) is 14.3 Å². The van der Waals surface area contributed by atoms with Gasteiger partial charge in [-0.25, -0.2) is 18.1 Å². The van der Waals surface area contributed by atoms with Crippen LogP contribution in [0.1, 0.15) is 19.3 Å². The predicted octanol–water partition coefficient (Wildman–Crippen LogP) is 4.35. The zero-order valence-corrected chi connectivity index (χ0v) is 19.0. The average molecular weight is 474 g/mol. The Bertz CT molecular complexity index is 1370. The zero-order valence-electron chi connectivity index (χ0n) is 17.4. The summed E-state index contributed by atoms with van der Waals surface area (Å²) >= 11 is 1.47. The number of nitrogens with one attached hydrogen (secondary N) is 1. The monoisotopic (exact) mass is 473 g/mol. The highest BCUT2D eigenvalue weighted by Crippen LogP contribution is 2.43. The highest BCUT2D eigenvalue weighted by molar-refractivity contribution is 7.89. The quantitative estimate of drug-likeness (QED) is 0.246. The number of unbranched alkanes of at least 4 members (excludes halogenated alkanes) is 2. The molecule has 2 aromatic carbocycles. The minimum absolute atomic E-state index is 0.00533. The summed E-state index contributed by atoms with van der Waals surface area (Å²) in [6.45, 7) is 0.421. The van der Waals surface area contributed by atoms with Crippen molar-refractivity contribution in [1.29, 1.82) is 0 Å². The fraction of sp³-hybridized carbons (Fsp3) is 0.286. The number of aromatic hydroxyl groups is 1. The number of thiazole rings is 1. The topological polar surface area (TPSA) is 129 Å². The van der Waals surface area contributed by atoms with Gasteiger partial charge in [0.2, 0.25) is 15.9 Å². The molecular formula is C21H23N5O4S2. The summed E-state index contributed by atoms with van der Waals surface area (Å²) in [6.07, 6.45) is 2.07. The lowest BCUT2D eigenvalue weighted by molar-refractivity contribution is 0.283. The van der Waals surface area contributed by atoms with E-state index in [1.807, 2.05) is 12.1 Å². The second-order valence-corrected chi connectivity index (χ2v) is 9.89. The van der Waals surface area contributed by atoms with E-state index in [4.69, 9.17) is 5.11 Å². The van der Waals surface area contributed by atoms with Gasteiger partial charge in [0.1, 0.15) is 0 Å². The summed E-state index contributed by atoms with van der Waals surface area (Å²) in [5.74, 6) is -0.00533. The molecule has 11 heteroatoms. The summed E-state index contributed by atoms with van der Waals surface area (Å²) in [5, 5.41) is 28.6. The number of rotatable bonds is 9. The van der Waals surface area contributed by atoms with Crippen LogP contribution >= 0.6 is 11.3 Å². The van der Waals surface area contributed by atoms with Crippen molar-refractivity contribution in [3.05, 3.63) is 41.9 Å². The number of sulfonamides is 1. The fourth-order valence-corrected chi connectivity index (χ4v) is 5.32. The van der Waals surface area contributed by atoms with Crippen molar-refractivity contribution in [2.45, 2.75) is 24.2 Å². The maximum Gasteiger partial charge on any atom is 0.240 e. The smallest absolute Gasteiger partial charge is 0.240 e. The van der Waals surface area contributed by atoms with E-state index >= 15 is 0 Å². The van der Waals surface area contributed by atoms with Crippen LogP contribution in [0.3, 0.4) is 0 Å². The summed E-state index contributed by atoms with van der Waals surface area (Å²) in [4.78, 5) is 4.45. The summed E-state index contributed by atoms with van der Waals surface area (Å²) in [5.41, 5.74) is 4.19. The SMILES string of the molecule is Cn1c(O)c(N=Nc2ccc(S(=O)(=O)NCCCCCO)cc2)c2c3scnc3ccc21. The van der Waals surface area contributed by atoms with E-state index in [2.05, 4.69) is 19.9 Å². The summed E-state index contributed by atoms with van der Waals surface area (Å²) in [6, 6.07) is 9.84. The van der Waals surface area contributed by atoms with Crippen molar-refractivity contribution in [2.24, 2.45) is 17.3 Å². The highest BCUT2D eigenvalue weighted by Gasteiger charge is 2.18. The molecule has 0 bridgehead atoms. The van der Waals surface area contributed by atoms with Crippen molar-refractivity contribution >= 4 is 53.9 Å². The van der Waals surface area contributed by atoms with Crippen LogP contribution in [0.4, 0.5) is 11.4 Å². The molecule has 0 amide bonds. The maximum absolute atomic E-state index is 12.4. The molecule has 0 atom stereocenters. The maximum atomic E-state index is 12.4. The van der Waals surface area contributed by atoms with Gasteiger partial charge >= 0.3 is 0 Å². The molecule has 0 aliphatic carbocycles. The number of hydrogen-bond acceptors (Lipinski definition) is 8. The summed E-state index contributed by atoms with van der Waals surface area (Å²) in [7, 11) is -1.87. The molecule has 9 nitrogen and oxygen atoms in total. The van der Waals surface area contributed by atoms with Crippen LogP contribution in [0.5, 0.6) is 5.88 Å². The summed E-state index contributed by atoms with van der Waals surface area (Å²) < 4.78 is 29.9. The van der Waals surface area contributed by atoms with Crippen LogP contribution in [0, 0.1) is 0 Å². The molecule has 4 rings (SSSR count). The molecule has 0 unspecified atom stereocenters. The van der Waals surface area contributed by atoms with Gasteiger partial charge in [-0.3, -0.25) is 0 Å². The number of azo groups is 1. The zero-order chi connectivity index (χ0) is 22.7. The first-order valence-electron chi connectivity index (χ1n) is 10.1. The van der Waals surface area contributed by atoms with Gasteiger partial charge < -0.3 is 14.8 Å². The Morgan fingerprint density at radius 3 is 2.62 bits per heavy atom. The number of benzene rings is 2. The predicted molar refractivity (Wildman–Crippen MR) is 125 cm³/mol. The number of nitrogens with zero attached hydrogens (tertiary/aromatic N) is 4. The molecule has 0 saturated carbocycles. The third-order valence-corrected chi connectivity index (χ3v) is 7.48. The van der Waals surface area contributed by atoms with Gasteiger partial charge in [-0.05, 0) is 55.7 Å². The third-order valence-electron chi connectivity index (χ3n) is 5.14. The molecule has 0 radical (unpaired) electrons. The molecule has 4 aromatic rings. The minimum atomic E-state index is -3.62. The second-order valence-electron chi connectivity index (χ2n) is 7.27. The number of aryl methyl sites for hydroxylation is 1. The van der Waals surface area contributed by atoms with E-state index in [9.17, 15) is 13.5 Å². The van der Waals surface area contributed by atoms with Gasteiger partial charge in [0.15, 0.2) is 5.69 Å². The van der Waals surface area contributed by atoms with Crippen LogP contribution in [-0.2, 0) is 17.1 Å². The molecule has 2 aromatic heterocycles. The Balaban J connectivity index is 1.55. The van der Waals surface area contributed by atoms with Crippen LogP contribution in [0.2, 0.25) is 0 Å². The van der Waals surface area contributed by atoms with E-state index in [1.54, 1.807) is 29.3 Å². The van der Waals surface area contributed by atoms with Crippen LogP contribution in [0.15, 0.2) is 57.0 Å². The molecular weight excluding hydrogens is 450 g/mol. The van der Waals surface area contributed by atoms with Crippen LogP contribution < -0.4 is 4.72 Å². The van der Waals surface area contributed by atoms with E-state index in [1.165, 1.54) is 23.5 Å². The first-order chi connectivity index (χ1) is 15.4. The number of aromatic nitrogens is 2. The number of aliphatic hydroxyl groups is 1. The van der Waals surface area contributed by atoms with Gasteiger partial charge in [-0.1, -0.05) is 0 Å². The van der Waals surface area contributed by atoms with Gasteiger partial charge in [0.05, 0.1) is 37.2 Å². The third kappa shape index (κ3) is 4.37. The number of aliphatic hydroxyl groups excluding tert-OH is 1. The lowest BCUT2D eigenvalue weighted by Gasteiger charge is -2.06. The molecule has 3 N–H and O–H groups in total. The highest BCUT2D eigenvalue weighted by atomic mass is 32.2. The van der Waals surface area contributed by atoms with E-state index in [0.717, 1.165) is 27.5 Å². The molecule has 2 heterocycles.